The maximum Gasteiger partial charge on any atom is 0.251 e. The lowest BCUT2D eigenvalue weighted by Crippen LogP contribution is -2.24. The number of nitrogens with one attached hydrogen (secondary N) is 2. The van der Waals surface area contributed by atoms with Crippen LogP contribution in [-0.4, -0.2) is 32.3 Å². The Bertz CT molecular complexity index is 1130. The van der Waals surface area contributed by atoms with E-state index < -0.39 is 0 Å². The number of amides is 2. The Morgan fingerprint density at radius 1 is 1.10 bits per heavy atom. The van der Waals surface area contributed by atoms with Crippen molar-refractivity contribution < 1.29 is 9.59 Å². The molecule has 2 N–H and O–H groups in total. The van der Waals surface area contributed by atoms with Gasteiger partial charge >= 0.3 is 0 Å². The van der Waals surface area contributed by atoms with E-state index in [1.54, 1.807) is 10.6 Å². The summed E-state index contributed by atoms with van der Waals surface area (Å²) in [5, 5.41) is 14.6. The molecule has 162 valence electrons. The SMILES string of the molecule is Cc1cccc(C(=O)NCc2nnc(SCC(=O)Nc3cc(C)c(C)cc3Br)n2C)c1. The first-order valence-electron chi connectivity index (χ1n) is 9.67. The van der Waals surface area contributed by atoms with Gasteiger partial charge in [-0.3, -0.25) is 9.59 Å². The number of hydrogen-bond donors (Lipinski definition) is 2. The number of carbonyl (C=O) groups excluding carboxylic acids is 2. The summed E-state index contributed by atoms with van der Waals surface area (Å²) in [6.07, 6.45) is 0. The van der Waals surface area contributed by atoms with Crippen LogP contribution in [0.5, 0.6) is 0 Å². The Labute approximate surface area is 194 Å². The standard InChI is InChI=1S/C22H24BrN5O2S/c1-13-6-5-7-16(8-13)21(30)24-11-19-26-27-22(28(19)4)31-12-20(29)25-18-10-15(3)14(2)9-17(18)23/h5-10H,11-12H2,1-4H3,(H,24,30)(H,25,29). The van der Waals surface area contributed by atoms with E-state index in [2.05, 4.69) is 36.8 Å². The van der Waals surface area contributed by atoms with Gasteiger partial charge in [0, 0.05) is 17.1 Å². The minimum atomic E-state index is -0.167. The summed E-state index contributed by atoms with van der Waals surface area (Å²) in [5.74, 6) is 0.507. The van der Waals surface area contributed by atoms with E-state index >= 15 is 0 Å². The van der Waals surface area contributed by atoms with Crippen molar-refractivity contribution in [3.05, 3.63) is 68.9 Å². The van der Waals surface area contributed by atoms with Crippen LogP contribution in [0.3, 0.4) is 0 Å². The molecule has 1 heterocycles. The molecule has 0 saturated heterocycles. The number of benzene rings is 2. The Kier molecular flexibility index (Phi) is 7.50. The molecule has 3 aromatic rings. The summed E-state index contributed by atoms with van der Waals surface area (Å²) < 4.78 is 2.62. The molecule has 1 aromatic heterocycles. The van der Waals surface area contributed by atoms with Gasteiger partial charge in [-0.05, 0) is 72.1 Å². The Hall–Kier alpha value is -2.65. The first kappa shape index (κ1) is 23.0. The molecule has 3 rings (SSSR count). The molecule has 7 nitrogen and oxygen atoms in total. The van der Waals surface area contributed by atoms with Gasteiger partial charge in [-0.15, -0.1) is 10.2 Å². The molecule has 0 bridgehead atoms. The topological polar surface area (TPSA) is 88.9 Å². The van der Waals surface area contributed by atoms with Gasteiger partial charge in [-0.1, -0.05) is 29.5 Å². The molecule has 0 radical (unpaired) electrons. The predicted octanol–water partition coefficient (Wildman–Crippen LogP) is 4.16. The summed E-state index contributed by atoms with van der Waals surface area (Å²) in [7, 11) is 1.81. The van der Waals surface area contributed by atoms with E-state index in [-0.39, 0.29) is 24.1 Å². The molecule has 2 amide bonds. The highest BCUT2D eigenvalue weighted by Crippen LogP contribution is 2.26. The fourth-order valence-electron chi connectivity index (χ4n) is 2.87. The molecule has 0 spiro atoms. The van der Waals surface area contributed by atoms with Crippen LogP contribution in [0.4, 0.5) is 5.69 Å². The molecule has 0 unspecified atom stereocenters. The fraction of sp³-hybridized carbons (Fsp3) is 0.273. The first-order chi connectivity index (χ1) is 14.7. The molecule has 0 aliphatic heterocycles. The lowest BCUT2D eigenvalue weighted by molar-refractivity contribution is -0.113. The van der Waals surface area contributed by atoms with E-state index in [4.69, 9.17) is 0 Å². The molecule has 31 heavy (non-hydrogen) atoms. The second-order valence-corrected chi connectivity index (χ2v) is 9.06. The predicted molar refractivity (Wildman–Crippen MR) is 126 cm³/mol. The Morgan fingerprint density at radius 2 is 1.84 bits per heavy atom. The van der Waals surface area contributed by atoms with Crippen molar-refractivity contribution in [2.75, 3.05) is 11.1 Å². The number of nitrogens with zero attached hydrogens (tertiary/aromatic N) is 3. The molecule has 0 aliphatic carbocycles. The van der Waals surface area contributed by atoms with Crippen molar-refractivity contribution in [1.29, 1.82) is 0 Å². The largest absolute Gasteiger partial charge is 0.345 e. The number of aryl methyl sites for hydroxylation is 3. The highest BCUT2D eigenvalue weighted by atomic mass is 79.9. The van der Waals surface area contributed by atoms with Crippen LogP contribution < -0.4 is 10.6 Å². The molecule has 0 fully saturated rings. The third kappa shape index (κ3) is 5.95. The van der Waals surface area contributed by atoms with Gasteiger partial charge in [0.1, 0.15) is 0 Å². The Balaban J connectivity index is 1.55. The highest BCUT2D eigenvalue weighted by molar-refractivity contribution is 9.10. The zero-order chi connectivity index (χ0) is 22.5. The van der Waals surface area contributed by atoms with Crippen LogP contribution in [0.1, 0.15) is 32.9 Å². The molecule has 0 atom stereocenters. The summed E-state index contributed by atoms with van der Waals surface area (Å²) >= 11 is 4.78. The van der Waals surface area contributed by atoms with Crippen LogP contribution in [0, 0.1) is 20.8 Å². The number of hydrogen-bond acceptors (Lipinski definition) is 5. The first-order valence-corrected chi connectivity index (χ1v) is 11.4. The third-order valence-electron chi connectivity index (χ3n) is 4.80. The molecule has 2 aromatic carbocycles. The minimum Gasteiger partial charge on any atom is -0.345 e. The molecular weight excluding hydrogens is 478 g/mol. The normalized spacial score (nSPS) is 10.7. The maximum atomic E-state index is 12.4. The van der Waals surface area contributed by atoms with Gasteiger partial charge in [-0.25, -0.2) is 0 Å². The number of aromatic nitrogens is 3. The van der Waals surface area contributed by atoms with Crippen molar-refractivity contribution in [2.45, 2.75) is 32.5 Å². The summed E-state index contributed by atoms with van der Waals surface area (Å²) in [5.41, 5.74) is 4.63. The van der Waals surface area contributed by atoms with Crippen molar-refractivity contribution in [1.82, 2.24) is 20.1 Å². The van der Waals surface area contributed by atoms with Gasteiger partial charge < -0.3 is 15.2 Å². The summed E-state index contributed by atoms with van der Waals surface area (Å²) in [6.45, 7) is 6.22. The number of rotatable bonds is 7. The van der Waals surface area contributed by atoms with E-state index in [0.29, 0.717) is 16.5 Å². The van der Waals surface area contributed by atoms with Crippen LogP contribution in [0.15, 0.2) is 46.0 Å². The van der Waals surface area contributed by atoms with Crippen LogP contribution in [0.2, 0.25) is 0 Å². The van der Waals surface area contributed by atoms with Crippen molar-refractivity contribution in [3.63, 3.8) is 0 Å². The van der Waals surface area contributed by atoms with Gasteiger partial charge in [0.2, 0.25) is 5.91 Å². The number of halogens is 1. The van der Waals surface area contributed by atoms with Crippen molar-refractivity contribution >= 4 is 45.2 Å². The van der Waals surface area contributed by atoms with E-state index in [9.17, 15) is 9.59 Å². The lowest BCUT2D eigenvalue weighted by atomic mass is 10.1. The van der Waals surface area contributed by atoms with Gasteiger partial charge in [0.15, 0.2) is 11.0 Å². The van der Waals surface area contributed by atoms with Crippen LogP contribution in [0.25, 0.3) is 0 Å². The summed E-state index contributed by atoms with van der Waals surface area (Å²) in [4.78, 5) is 24.7. The number of thioether (sulfide) groups is 1. The molecular formula is C22H24BrN5O2S. The third-order valence-corrected chi connectivity index (χ3v) is 6.48. The smallest absolute Gasteiger partial charge is 0.251 e. The van der Waals surface area contributed by atoms with E-state index in [1.807, 2.05) is 58.2 Å². The molecule has 0 saturated carbocycles. The number of carbonyl (C=O) groups is 2. The second-order valence-electron chi connectivity index (χ2n) is 7.26. The highest BCUT2D eigenvalue weighted by Gasteiger charge is 2.14. The maximum absolute atomic E-state index is 12.4. The van der Waals surface area contributed by atoms with Gasteiger partial charge in [-0.2, -0.15) is 0 Å². The summed E-state index contributed by atoms with van der Waals surface area (Å²) in [6, 6.07) is 11.3. The minimum absolute atomic E-state index is 0.133. The van der Waals surface area contributed by atoms with E-state index in [0.717, 1.165) is 26.9 Å². The average Bonchev–Trinajstić information content (AvgIpc) is 3.08. The van der Waals surface area contributed by atoms with E-state index in [1.165, 1.54) is 11.8 Å². The zero-order valence-corrected chi connectivity index (χ0v) is 20.2. The van der Waals surface area contributed by atoms with Gasteiger partial charge in [0.05, 0.1) is 18.0 Å². The van der Waals surface area contributed by atoms with Gasteiger partial charge in [0.25, 0.3) is 5.91 Å². The molecule has 9 heteroatoms. The quantitative estimate of drug-likeness (QED) is 0.474. The second kappa shape index (κ2) is 10.1. The fourth-order valence-corrected chi connectivity index (χ4v) is 4.15. The van der Waals surface area contributed by atoms with Crippen molar-refractivity contribution in [2.24, 2.45) is 7.05 Å². The average molecular weight is 502 g/mol. The van der Waals surface area contributed by atoms with Crippen molar-refractivity contribution in [3.8, 4) is 0 Å². The van der Waals surface area contributed by atoms with Crippen LogP contribution in [-0.2, 0) is 18.4 Å². The Morgan fingerprint density at radius 3 is 2.58 bits per heavy atom. The lowest BCUT2D eigenvalue weighted by Gasteiger charge is -2.10. The monoisotopic (exact) mass is 501 g/mol. The number of anilines is 1. The zero-order valence-electron chi connectivity index (χ0n) is 17.8. The molecule has 0 aliphatic rings. The van der Waals surface area contributed by atoms with Crippen LogP contribution >= 0.6 is 27.7 Å².